The molecule has 0 atom stereocenters. The average Bonchev–Trinajstić information content (AvgIpc) is 2.34. The van der Waals surface area contributed by atoms with Gasteiger partial charge in [0.05, 0.1) is 0 Å². The van der Waals surface area contributed by atoms with Gasteiger partial charge in [0, 0.05) is 24.1 Å². The van der Waals surface area contributed by atoms with Gasteiger partial charge in [0.25, 0.3) is 0 Å². The van der Waals surface area contributed by atoms with Gasteiger partial charge in [-0.15, -0.1) is 0 Å². The molecule has 0 saturated carbocycles. The number of aliphatic carboxylic acids is 1. The predicted octanol–water partition coefficient (Wildman–Crippen LogP) is -0.213. The molecule has 0 spiro atoms. The van der Waals surface area contributed by atoms with Gasteiger partial charge in [-0.3, -0.25) is 9.59 Å². The number of amides is 1. The van der Waals surface area contributed by atoms with Gasteiger partial charge in [-0.1, -0.05) is 12.8 Å². The molecule has 7 nitrogen and oxygen atoms in total. The quantitative estimate of drug-likeness (QED) is 0.316. The molecule has 0 aliphatic heterocycles. The highest BCUT2D eigenvalue weighted by molar-refractivity contribution is 5.93. The third kappa shape index (κ3) is 8.51. The summed E-state index contributed by atoms with van der Waals surface area (Å²) in [6.45, 7) is -3.55. The molecular weight excluding hydrogens is 238 g/mol. The summed E-state index contributed by atoms with van der Waals surface area (Å²) in [7, 11) is 0. The fourth-order valence-electron chi connectivity index (χ4n) is 1.20. The Kier molecular flexibility index (Phi) is 5.99. The highest BCUT2D eigenvalue weighted by Crippen LogP contribution is 2.03. The van der Waals surface area contributed by atoms with E-state index < -0.39 is 31.4 Å². The molecule has 18 heavy (non-hydrogen) atoms. The minimum atomic E-state index is -2.78. The monoisotopic (exact) mass is 262 g/mol. The maximum Gasteiger partial charge on any atom is 0.323 e. The van der Waals surface area contributed by atoms with Gasteiger partial charge >= 0.3 is 5.97 Å². The van der Waals surface area contributed by atoms with Crippen molar-refractivity contribution in [1.29, 1.82) is 0 Å². The van der Waals surface area contributed by atoms with Crippen LogP contribution in [0.15, 0.2) is 4.99 Å². The molecule has 0 saturated heterocycles. The van der Waals surface area contributed by atoms with E-state index in [4.69, 9.17) is 20.1 Å². The standard InChI is InChI=1S/C11H21N3O4/c1-14(8-10(17)18)11(12)13-9(16)6-4-2-3-5-7-15/h15H,2-8H2,1H3,(H,17,18)(H2,12,13,16)/i1D3. The predicted molar refractivity (Wildman–Crippen MR) is 67.1 cm³/mol. The van der Waals surface area contributed by atoms with Crippen LogP contribution in [-0.2, 0) is 9.59 Å². The van der Waals surface area contributed by atoms with Crippen LogP contribution in [-0.4, -0.2) is 53.1 Å². The minimum Gasteiger partial charge on any atom is -0.480 e. The topological polar surface area (TPSA) is 116 Å². The van der Waals surface area contributed by atoms with Gasteiger partial charge in [-0.2, -0.15) is 4.99 Å². The molecule has 4 N–H and O–H groups in total. The summed E-state index contributed by atoms with van der Waals surface area (Å²) < 4.78 is 21.5. The average molecular weight is 262 g/mol. The first kappa shape index (κ1) is 11.5. The van der Waals surface area contributed by atoms with E-state index in [2.05, 4.69) is 4.99 Å². The Bertz CT molecular complexity index is 385. The largest absolute Gasteiger partial charge is 0.480 e. The lowest BCUT2D eigenvalue weighted by Gasteiger charge is -2.14. The van der Waals surface area contributed by atoms with Crippen molar-refractivity contribution in [2.24, 2.45) is 10.7 Å². The zero-order chi connectivity index (χ0) is 16.5. The third-order valence-corrected chi connectivity index (χ3v) is 2.11. The number of nitrogens with two attached hydrogens (primary N) is 1. The maximum absolute atomic E-state index is 11.5. The van der Waals surface area contributed by atoms with E-state index in [-0.39, 0.29) is 13.0 Å². The van der Waals surface area contributed by atoms with Crippen LogP contribution in [0.4, 0.5) is 0 Å². The molecule has 104 valence electrons. The van der Waals surface area contributed by atoms with Crippen molar-refractivity contribution in [3.63, 3.8) is 0 Å². The third-order valence-electron chi connectivity index (χ3n) is 2.11. The number of unbranched alkanes of at least 4 members (excludes halogenated alkanes) is 3. The fourth-order valence-corrected chi connectivity index (χ4v) is 1.20. The van der Waals surface area contributed by atoms with E-state index in [1.165, 1.54) is 0 Å². The lowest BCUT2D eigenvalue weighted by atomic mass is 10.1. The van der Waals surface area contributed by atoms with E-state index in [9.17, 15) is 9.59 Å². The minimum absolute atomic E-state index is 0.0913. The number of aliphatic imine (C=N–C) groups is 1. The normalized spacial score (nSPS) is 14.5. The van der Waals surface area contributed by atoms with Crippen molar-refractivity contribution in [2.75, 3.05) is 20.1 Å². The van der Waals surface area contributed by atoms with Gasteiger partial charge < -0.3 is 20.8 Å². The van der Waals surface area contributed by atoms with Crippen LogP contribution in [0, 0.1) is 0 Å². The second-order valence-corrected chi connectivity index (χ2v) is 3.73. The van der Waals surface area contributed by atoms with E-state index in [1.54, 1.807) is 0 Å². The Morgan fingerprint density at radius 1 is 1.33 bits per heavy atom. The number of carboxylic acid groups (broad SMARTS) is 1. The first-order valence-corrected chi connectivity index (χ1v) is 5.65. The zero-order valence-electron chi connectivity index (χ0n) is 13.1. The van der Waals surface area contributed by atoms with Crippen LogP contribution < -0.4 is 5.73 Å². The Balaban J connectivity index is 4.51. The molecule has 7 heteroatoms. The fraction of sp³-hybridized carbons (Fsp3) is 0.727. The lowest BCUT2D eigenvalue weighted by Crippen LogP contribution is -2.38. The molecular formula is C11H21N3O4. The molecule has 0 aromatic rings. The van der Waals surface area contributed by atoms with E-state index in [0.717, 1.165) is 12.8 Å². The number of hydrogen-bond acceptors (Lipinski definition) is 3. The number of likely N-dealkylation sites (N-methyl/N-ethyl adjacent to an activating group) is 1. The van der Waals surface area contributed by atoms with Crippen molar-refractivity contribution in [3.05, 3.63) is 0 Å². The molecule has 0 aliphatic carbocycles. The van der Waals surface area contributed by atoms with E-state index in [0.29, 0.717) is 17.7 Å². The SMILES string of the molecule is [2H]C([2H])([2H])N(CC(=O)O)C(N)=NC(=O)CCCCCCO. The number of nitrogens with zero attached hydrogens (tertiary/aromatic N) is 2. The molecule has 0 bridgehead atoms. The van der Waals surface area contributed by atoms with Gasteiger partial charge in [0.1, 0.15) is 6.54 Å². The van der Waals surface area contributed by atoms with Crippen LogP contribution in [0.1, 0.15) is 36.2 Å². The van der Waals surface area contributed by atoms with Crippen molar-refractivity contribution in [2.45, 2.75) is 32.1 Å². The van der Waals surface area contributed by atoms with Crippen LogP contribution in [0.3, 0.4) is 0 Å². The Labute approximate surface area is 111 Å². The summed E-state index contributed by atoms with van der Waals surface area (Å²) >= 11 is 0. The molecule has 0 rings (SSSR count). The van der Waals surface area contributed by atoms with Crippen LogP contribution in [0.5, 0.6) is 0 Å². The number of aliphatic hydroxyl groups excluding tert-OH is 1. The summed E-state index contributed by atoms with van der Waals surface area (Å²) in [5.41, 5.74) is 5.40. The van der Waals surface area contributed by atoms with Gasteiger partial charge in [0.15, 0.2) is 5.96 Å². The van der Waals surface area contributed by atoms with Gasteiger partial charge in [0.2, 0.25) is 5.91 Å². The second-order valence-electron chi connectivity index (χ2n) is 3.73. The molecule has 0 fully saturated rings. The summed E-state index contributed by atoms with van der Waals surface area (Å²) in [5, 5.41) is 17.2. The van der Waals surface area contributed by atoms with Crippen LogP contribution in [0.2, 0.25) is 0 Å². The van der Waals surface area contributed by atoms with Crippen LogP contribution >= 0.6 is 0 Å². The van der Waals surface area contributed by atoms with Gasteiger partial charge in [-0.05, 0) is 12.8 Å². The molecule has 0 radical (unpaired) electrons. The number of carbonyl (C=O) groups is 2. The van der Waals surface area contributed by atoms with Crippen molar-refractivity contribution in [1.82, 2.24) is 4.90 Å². The number of carboxylic acids is 1. The molecule has 0 heterocycles. The lowest BCUT2D eigenvalue weighted by molar-refractivity contribution is -0.137. The Morgan fingerprint density at radius 2 is 2.00 bits per heavy atom. The molecule has 0 aromatic carbocycles. The van der Waals surface area contributed by atoms with E-state index in [1.807, 2.05) is 0 Å². The maximum atomic E-state index is 11.5. The number of carbonyl (C=O) groups excluding carboxylic acids is 1. The van der Waals surface area contributed by atoms with Crippen molar-refractivity contribution < 1.29 is 23.9 Å². The summed E-state index contributed by atoms with van der Waals surface area (Å²) in [6.07, 6.45) is 2.81. The highest BCUT2D eigenvalue weighted by Gasteiger charge is 2.08. The van der Waals surface area contributed by atoms with Gasteiger partial charge in [-0.25, -0.2) is 0 Å². The second kappa shape index (κ2) is 9.41. The van der Waals surface area contributed by atoms with Crippen molar-refractivity contribution >= 4 is 17.8 Å². The summed E-state index contributed by atoms with van der Waals surface area (Å²) in [4.78, 5) is 26.0. The molecule has 0 aromatic heterocycles. The number of aliphatic hydroxyl groups is 1. The molecule has 1 amide bonds. The highest BCUT2D eigenvalue weighted by atomic mass is 16.4. The van der Waals surface area contributed by atoms with Crippen LogP contribution in [0.25, 0.3) is 0 Å². The first-order chi connectivity index (χ1) is 9.68. The first-order valence-electron chi connectivity index (χ1n) is 7.15. The number of rotatable bonds is 8. The summed E-state index contributed by atoms with van der Waals surface area (Å²) in [6, 6.07) is 0. The molecule has 0 unspecified atom stereocenters. The smallest absolute Gasteiger partial charge is 0.323 e. The summed E-state index contributed by atoms with van der Waals surface area (Å²) in [5.74, 6) is -2.62. The van der Waals surface area contributed by atoms with E-state index >= 15 is 0 Å². The van der Waals surface area contributed by atoms with Crippen molar-refractivity contribution in [3.8, 4) is 0 Å². The zero-order valence-corrected chi connectivity index (χ0v) is 10.1. The Hall–Kier alpha value is -1.63. The number of hydrogen-bond donors (Lipinski definition) is 3. The number of guanidine groups is 1. The molecule has 0 aliphatic rings. The Morgan fingerprint density at radius 3 is 2.56 bits per heavy atom.